The Balaban J connectivity index is 0.000000211. The lowest BCUT2D eigenvalue weighted by molar-refractivity contribution is -0.119. The summed E-state index contributed by atoms with van der Waals surface area (Å²) in [6.45, 7) is 13.6. The van der Waals surface area contributed by atoms with Crippen LogP contribution in [0.5, 0.6) is 0 Å². The molecule has 0 aliphatic carbocycles. The second-order valence-electron chi connectivity index (χ2n) is 16.6. The first-order valence-electron chi connectivity index (χ1n) is 20.0. The molecule has 0 radical (unpaired) electrons. The predicted octanol–water partition coefficient (Wildman–Crippen LogP) is 6.69. The zero-order valence-electron chi connectivity index (χ0n) is 36.9. The van der Waals surface area contributed by atoms with Gasteiger partial charge in [-0.15, -0.1) is 6.42 Å². The van der Waals surface area contributed by atoms with Crippen molar-refractivity contribution in [1.29, 1.82) is 0 Å². The number of H-pyrrole nitrogens is 1. The van der Waals surface area contributed by atoms with Gasteiger partial charge in [0.15, 0.2) is 11.6 Å². The van der Waals surface area contributed by atoms with Crippen molar-refractivity contribution in [3.8, 4) is 12.3 Å². The minimum atomic E-state index is -0.951. The van der Waals surface area contributed by atoms with Crippen molar-refractivity contribution >= 4 is 56.9 Å². The molecule has 324 valence electrons. The highest BCUT2D eigenvalue weighted by molar-refractivity contribution is 6.44. The molecule has 0 saturated carbocycles. The number of furan rings is 2. The van der Waals surface area contributed by atoms with Gasteiger partial charge in [-0.1, -0.05) is 18.1 Å². The highest BCUT2D eigenvalue weighted by atomic mass is 16.3. The number of fused-ring (bicyclic) bond motifs is 2. The first kappa shape index (κ1) is 44.9. The van der Waals surface area contributed by atoms with Crippen LogP contribution in [0.25, 0.3) is 21.9 Å². The van der Waals surface area contributed by atoms with E-state index in [-0.39, 0.29) is 35.5 Å². The van der Waals surface area contributed by atoms with E-state index in [1.165, 1.54) is 6.20 Å². The minimum Gasteiger partial charge on any atom is -0.464 e. The molecule has 2 amide bonds. The number of aromatic amines is 1. The molecule has 0 unspecified atom stereocenters. The summed E-state index contributed by atoms with van der Waals surface area (Å²) < 4.78 is 14.0. The van der Waals surface area contributed by atoms with Crippen molar-refractivity contribution in [3.63, 3.8) is 0 Å². The van der Waals surface area contributed by atoms with Crippen LogP contribution in [0.2, 0.25) is 0 Å². The Bertz CT molecular complexity index is 3000. The van der Waals surface area contributed by atoms with Crippen LogP contribution in [0, 0.1) is 40.0 Å². The predicted molar refractivity (Wildman–Crippen MR) is 236 cm³/mol. The molecule has 63 heavy (non-hydrogen) atoms. The summed E-state index contributed by atoms with van der Waals surface area (Å²) in [4.78, 5) is 77.5. The molecule has 7 rings (SSSR count). The number of aromatic nitrogens is 5. The molecular weight excluding hydrogens is 803 g/mol. The Hall–Kier alpha value is -7.60. The van der Waals surface area contributed by atoms with E-state index in [0.717, 1.165) is 33.1 Å². The van der Waals surface area contributed by atoms with Crippen molar-refractivity contribution in [1.82, 2.24) is 35.2 Å². The molecule has 15 nitrogen and oxygen atoms in total. The number of carbonyl (C=O) groups is 6. The molecular formula is C48H49N7O8. The third-order valence-electron chi connectivity index (χ3n) is 11.3. The van der Waals surface area contributed by atoms with E-state index in [1.807, 2.05) is 48.5 Å². The summed E-state index contributed by atoms with van der Waals surface area (Å²) in [5, 5.41) is 17.3. The maximum Gasteiger partial charge on any atom is 0.293 e. The van der Waals surface area contributed by atoms with Gasteiger partial charge in [-0.3, -0.25) is 28.8 Å². The van der Waals surface area contributed by atoms with Crippen molar-refractivity contribution in [2.24, 2.45) is 14.1 Å². The smallest absolute Gasteiger partial charge is 0.293 e. The van der Waals surface area contributed by atoms with Crippen LogP contribution in [0.15, 0.2) is 76.1 Å². The first-order valence-corrected chi connectivity index (χ1v) is 20.0. The number of benzene rings is 2. The number of carbonyl (C=O) groups excluding carboxylic acids is 6. The van der Waals surface area contributed by atoms with Crippen molar-refractivity contribution in [2.45, 2.75) is 79.3 Å². The molecule has 0 spiro atoms. The molecule has 5 aromatic heterocycles. The maximum absolute atomic E-state index is 13.2. The Kier molecular flexibility index (Phi) is 12.4. The zero-order chi connectivity index (χ0) is 46.1. The topological polar surface area (TPSA) is 204 Å². The number of amides is 2. The maximum atomic E-state index is 13.2. The summed E-state index contributed by atoms with van der Waals surface area (Å²) in [6.07, 6.45) is 10.4. The largest absolute Gasteiger partial charge is 0.464 e. The van der Waals surface area contributed by atoms with Gasteiger partial charge in [-0.25, -0.2) is 0 Å². The number of Topliss-reactive ketones (excluding diaryl/α,β-unsaturated/α-hetero) is 4. The number of nitrogens with one attached hydrogen (secondary N) is 3. The van der Waals surface area contributed by atoms with Gasteiger partial charge in [0.25, 0.3) is 23.4 Å². The summed E-state index contributed by atoms with van der Waals surface area (Å²) in [5.74, 6) is -0.810. The van der Waals surface area contributed by atoms with E-state index in [1.54, 1.807) is 91.1 Å². The van der Waals surface area contributed by atoms with E-state index in [0.29, 0.717) is 39.6 Å². The van der Waals surface area contributed by atoms with Crippen LogP contribution in [-0.2, 0) is 42.1 Å². The first-order chi connectivity index (χ1) is 29.6. The molecule has 5 heterocycles. The molecule has 3 N–H and O–H groups in total. The Labute approximate surface area is 363 Å². The van der Waals surface area contributed by atoms with Gasteiger partial charge in [0.05, 0.1) is 52.3 Å². The third-order valence-corrected chi connectivity index (χ3v) is 11.3. The molecule has 0 fully saturated rings. The van der Waals surface area contributed by atoms with Crippen molar-refractivity contribution < 1.29 is 37.6 Å². The summed E-state index contributed by atoms with van der Waals surface area (Å²) in [7, 11) is 3.44. The third kappa shape index (κ3) is 9.06. The fourth-order valence-corrected chi connectivity index (χ4v) is 7.72. The molecule has 0 aliphatic rings. The van der Waals surface area contributed by atoms with Crippen LogP contribution < -0.4 is 10.6 Å². The molecule has 2 aromatic carbocycles. The van der Waals surface area contributed by atoms with Crippen molar-refractivity contribution in [3.05, 3.63) is 129 Å². The van der Waals surface area contributed by atoms with E-state index in [4.69, 9.17) is 15.3 Å². The summed E-state index contributed by atoms with van der Waals surface area (Å²) >= 11 is 0. The summed E-state index contributed by atoms with van der Waals surface area (Å²) in [6, 6.07) is 14.9. The number of terminal acetylenes is 1. The molecule has 0 saturated heterocycles. The quantitative estimate of drug-likeness (QED) is 0.0637. The van der Waals surface area contributed by atoms with Crippen LogP contribution in [-0.4, -0.2) is 65.0 Å². The van der Waals surface area contributed by atoms with Gasteiger partial charge >= 0.3 is 0 Å². The van der Waals surface area contributed by atoms with Gasteiger partial charge in [-0.2, -0.15) is 15.4 Å². The molecule has 0 atom stereocenters. The standard InChI is InChI=1S/C24H25N5O4.C24H24N2O4/c1-13-20(22(31)23(32)26-24(3,4)19-12-25-28-27-19)14(2)29(5)21(13)17(30)11-15-6-7-18-16(10-15)8-9-33-18;1-7-24(4,5)25-23(29)22(28)20-14(2)21(26(6)15(20)3)18(27)13-16-8-9-19-17(12-16)10-11-30-19/h6-10,12H,11H2,1-5H3,(H,26,32)(H,25,27,28);1,8-12H,13H2,2-6H3,(H,25,29). The number of rotatable bonds is 13. The number of hydrogen-bond acceptors (Lipinski definition) is 10. The van der Waals surface area contributed by atoms with Gasteiger partial charge < -0.3 is 28.6 Å². The lowest BCUT2D eigenvalue weighted by atomic mass is 9.98. The average molecular weight is 852 g/mol. The lowest BCUT2D eigenvalue weighted by Gasteiger charge is -2.23. The minimum absolute atomic E-state index is 0.135. The van der Waals surface area contributed by atoms with Gasteiger partial charge in [0.1, 0.15) is 16.9 Å². The van der Waals surface area contributed by atoms with E-state index >= 15 is 0 Å². The second-order valence-corrected chi connectivity index (χ2v) is 16.6. The molecule has 15 heteroatoms. The number of nitrogens with zero attached hydrogens (tertiary/aromatic N) is 4. The van der Waals surface area contributed by atoms with Crippen LogP contribution >= 0.6 is 0 Å². The molecule has 0 aliphatic heterocycles. The van der Waals surface area contributed by atoms with E-state index < -0.39 is 34.5 Å². The number of hydrogen-bond donors (Lipinski definition) is 3. The Morgan fingerprint density at radius 2 is 1.14 bits per heavy atom. The fraction of sp³-hybridized carbons (Fsp3) is 0.292. The monoisotopic (exact) mass is 851 g/mol. The highest BCUT2D eigenvalue weighted by Gasteiger charge is 2.34. The van der Waals surface area contributed by atoms with Gasteiger partial charge in [0.2, 0.25) is 0 Å². The van der Waals surface area contributed by atoms with Crippen molar-refractivity contribution in [2.75, 3.05) is 0 Å². The Morgan fingerprint density at radius 3 is 1.56 bits per heavy atom. The Morgan fingerprint density at radius 1 is 0.698 bits per heavy atom. The van der Waals surface area contributed by atoms with E-state index in [9.17, 15) is 28.8 Å². The average Bonchev–Trinajstić information content (AvgIpc) is 4.07. The van der Waals surface area contributed by atoms with Gasteiger partial charge in [0, 0.05) is 49.1 Å². The highest BCUT2D eigenvalue weighted by Crippen LogP contribution is 2.27. The van der Waals surface area contributed by atoms with Gasteiger partial charge in [-0.05, 0) is 114 Å². The number of ketones is 4. The van der Waals surface area contributed by atoms with Crippen LogP contribution in [0.1, 0.15) is 109 Å². The summed E-state index contributed by atoms with van der Waals surface area (Å²) in [5.41, 5.74) is 5.21. The molecule has 0 bridgehead atoms. The SMILES string of the molecule is C#CC(C)(C)NC(=O)C(=O)c1c(C)c(C(=O)Cc2ccc3occc3c2)n(C)c1C.Cc1c(C(=O)C(=O)NC(C)(C)c2cn[nH]n2)c(C)n(C)c1C(=O)Cc1ccc2occc2c1. The van der Waals surface area contributed by atoms with Crippen LogP contribution in [0.4, 0.5) is 0 Å². The second kappa shape index (κ2) is 17.4. The fourth-order valence-electron chi connectivity index (χ4n) is 7.72. The molecule has 7 aromatic rings. The lowest BCUT2D eigenvalue weighted by Crippen LogP contribution is -2.45. The van der Waals surface area contributed by atoms with Crippen LogP contribution in [0.3, 0.4) is 0 Å². The normalized spacial score (nSPS) is 11.5. The van der Waals surface area contributed by atoms with E-state index in [2.05, 4.69) is 32.0 Å². The zero-order valence-corrected chi connectivity index (χ0v) is 36.9.